The Bertz CT molecular complexity index is 1430. The minimum Gasteiger partial charge on any atom is -0.405 e. The summed E-state index contributed by atoms with van der Waals surface area (Å²) in [5, 5.41) is -0.550. The number of ether oxygens (including phenoxy) is 1. The summed E-state index contributed by atoms with van der Waals surface area (Å²) in [7, 11) is -3.29. The van der Waals surface area contributed by atoms with Crippen LogP contribution in [0.2, 0.25) is 0 Å². The lowest BCUT2D eigenvalue weighted by Crippen LogP contribution is -2.20. The van der Waals surface area contributed by atoms with Gasteiger partial charge in [-0.1, -0.05) is 41.9 Å². The molecule has 1 unspecified atom stereocenters. The zero-order chi connectivity index (χ0) is 25.7. The molecule has 1 fully saturated rings. The third-order valence-corrected chi connectivity index (χ3v) is 8.83. The fraction of sp³-hybridized carbons (Fsp3) is 0.320. The number of nitrogens with zero attached hydrogens (tertiary/aromatic N) is 1. The van der Waals surface area contributed by atoms with Crippen molar-refractivity contribution in [3.05, 3.63) is 76.9 Å². The van der Waals surface area contributed by atoms with Crippen LogP contribution in [0.15, 0.2) is 53.4 Å². The highest BCUT2D eigenvalue weighted by Gasteiger charge is 2.35. The van der Waals surface area contributed by atoms with Crippen LogP contribution in [0.5, 0.6) is 5.75 Å². The number of sulfone groups is 1. The van der Waals surface area contributed by atoms with Crippen molar-refractivity contribution in [2.45, 2.75) is 42.3 Å². The molecule has 3 aromatic rings. The van der Waals surface area contributed by atoms with Crippen LogP contribution in [0.4, 0.5) is 13.2 Å². The average molecular weight is 557 g/mol. The second kappa shape index (κ2) is 9.43. The Morgan fingerprint density at radius 3 is 2.44 bits per heavy atom. The van der Waals surface area contributed by atoms with Gasteiger partial charge in [-0.2, -0.15) is 0 Å². The van der Waals surface area contributed by atoms with Crippen molar-refractivity contribution in [1.29, 1.82) is 0 Å². The fourth-order valence-electron chi connectivity index (χ4n) is 4.31. The van der Waals surface area contributed by atoms with E-state index in [0.29, 0.717) is 34.1 Å². The minimum absolute atomic E-state index is 0.151. The van der Waals surface area contributed by atoms with Gasteiger partial charge in [0.1, 0.15) is 17.3 Å². The number of nitrogens with one attached hydrogen (secondary N) is 1. The van der Waals surface area contributed by atoms with Crippen molar-refractivity contribution < 1.29 is 26.3 Å². The van der Waals surface area contributed by atoms with Crippen molar-refractivity contribution in [2.75, 3.05) is 5.75 Å². The second-order valence-electron chi connectivity index (χ2n) is 9.00. The van der Waals surface area contributed by atoms with Crippen molar-refractivity contribution in [1.82, 2.24) is 9.97 Å². The summed E-state index contributed by atoms with van der Waals surface area (Å²) in [6, 6.07) is 12.4. The van der Waals surface area contributed by atoms with Gasteiger partial charge in [0.2, 0.25) is 0 Å². The second-order valence-corrected chi connectivity index (χ2v) is 11.9. The number of halogens is 5. The van der Waals surface area contributed by atoms with Gasteiger partial charge in [0.15, 0.2) is 9.84 Å². The molecule has 0 spiro atoms. The van der Waals surface area contributed by atoms with E-state index in [4.69, 9.17) is 23.2 Å². The lowest BCUT2D eigenvalue weighted by atomic mass is 9.92. The first-order chi connectivity index (χ1) is 17.0. The van der Waals surface area contributed by atoms with E-state index in [1.165, 1.54) is 18.2 Å². The summed E-state index contributed by atoms with van der Waals surface area (Å²) in [6.45, 7) is 0. The Kier molecular flexibility index (Phi) is 6.59. The standard InChI is InChI=1S/C25H21Cl2F3N2O3S/c26-18-12-19-24(23(27)22(18)17-3-1-2-4-20(17)35-25(28,29)30)32-21(31-19)11-14-7-9-16(10-8-14)36(33,34)13-15-5-6-15/h1-4,7-10,15,18H,5-6,11-13H2,(H,31,32). The van der Waals surface area contributed by atoms with E-state index in [-0.39, 0.29) is 34.4 Å². The van der Waals surface area contributed by atoms with Crippen LogP contribution in [-0.2, 0) is 22.7 Å². The number of hydrogen-bond acceptors (Lipinski definition) is 4. The monoisotopic (exact) mass is 556 g/mol. The van der Waals surface area contributed by atoms with Gasteiger partial charge < -0.3 is 9.72 Å². The highest BCUT2D eigenvalue weighted by molar-refractivity contribution is 7.91. The summed E-state index contributed by atoms with van der Waals surface area (Å²) in [6.07, 6.45) is -2.27. The molecular formula is C25H21Cl2F3N2O3S. The van der Waals surface area contributed by atoms with E-state index in [2.05, 4.69) is 14.7 Å². The number of fused-ring (bicyclic) bond motifs is 1. The van der Waals surface area contributed by atoms with E-state index < -0.39 is 21.6 Å². The molecule has 0 aliphatic heterocycles. The number of benzene rings is 2. The Morgan fingerprint density at radius 1 is 1.08 bits per heavy atom. The summed E-state index contributed by atoms with van der Waals surface area (Å²) in [5.74, 6) is 0.641. The minimum atomic E-state index is -4.86. The smallest absolute Gasteiger partial charge is 0.405 e. The van der Waals surface area contributed by atoms with Crippen LogP contribution in [0.25, 0.3) is 10.6 Å². The molecule has 0 radical (unpaired) electrons. The lowest BCUT2D eigenvalue weighted by Gasteiger charge is -2.23. The molecule has 5 nitrogen and oxygen atoms in total. The van der Waals surface area contributed by atoms with Gasteiger partial charge in [-0.25, -0.2) is 13.4 Å². The number of rotatable bonds is 7. The van der Waals surface area contributed by atoms with Crippen LogP contribution in [0.1, 0.15) is 41.2 Å². The molecule has 11 heteroatoms. The number of aromatic amines is 1. The van der Waals surface area contributed by atoms with Gasteiger partial charge in [-0.05, 0) is 42.5 Å². The average Bonchev–Trinajstić information content (AvgIpc) is 3.50. The summed E-state index contributed by atoms with van der Waals surface area (Å²) in [4.78, 5) is 8.08. The number of para-hydroxylation sites is 1. The third kappa shape index (κ3) is 5.43. The maximum atomic E-state index is 12.9. The first-order valence-electron chi connectivity index (χ1n) is 11.3. The fourth-order valence-corrected chi connectivity index (χ4v) is 6.84. The summed E-state index contributed by atoms with van der Waals surface area (Å²) >= 11 is 13.2. The van der Waals surface area contributed by atoms with E-state index in [1.807, 2.05) is 0 Å². The maximum Gasteiger partial charge on any atom is 0.573 e. The number of aromatic nitrogens is 2. The molecule has 1 N–H and O–H groups in total. The Balaban J connectivity index is 1.41. The Labute approximate surface area is 216 Å². The lowest BCUT2D eigenvalue weighted by molar-refractivity contribution is -0.274. The normalized spacial score (nSPS) is 18.3. The van der Waals surface area contributed by atoms with Crippen LogP contribution >= 0.6 is 23.2 Å². The predicted molar refractivity (Wildman–Crippen MR) is 132 cm³/mol. The Morgan fingerprint density at radius 2 is 1.78 bits per heavy atom. The zero-order valence-electron chi connectivity index (χ0n) is 18.8. The topological polar surface area (TPSA) is 72.0 Å². The van der Waals surface area contributed by atoms with Crippen molar-refractivity contribution >= 4 is 43.6 Å². The van der Waals surface area contributed by atoms with E-state index in [9.17, 15) is 21.6 Å². The molecule has 190 valence electrons. The van der Waals surface area contributed by atoms with Gasteiger partial charge in [0.25, 0.3) is 0 Å². The molecule has 2 aliphatic rings. The molecule has 0 saturated heterocycles. The van der Waals surface area contributed by atoms with E-state index >= 15 is 0 Å². The van der Waals surface area contributed by atoms with Crippen LogP contribution < -0.4 is 4.74 Å². The molecule has 1 aromatic heterocycles. The first-order valence-corrected chi connectivity index (χ1v) is 13.8. The molecule has 36 heavy (non-hydrogen) atoms. The zero-order valence-corrected chi connectivity index (χ0v) is 21.1. The van der Waals surface area contributed by atoms with Crippen molar-refractivity contribution in [3.8, 4) is 5.75 Å². The number of imidazole rings is 1. The molecule has 2 aromatic carbocycles. The number of hydrogen-bond donors (Lipinski definition) is 1. The molecule has 1 saturated carbocycles. The summed E-state index contributed by atoms with van der Waals surface area (Å²) in [5.41, 5.74) is 2.41. The van der Waals surface area contributed by atoms with Gasteiger partial charge >= 0.3 is 6.36 Å². The largest absolute Gasteiger partial charge is 0.573 e. The molecule has 0 bridgehead atoms. The number of alkyl halides is 4. The first kappa shape index (κ1) is 25.2. The van der Waals surface area contributed by atoms with Crippen molar-refractivity contribution in [2.24, 2.45) is 5.92 Å². The Hall–Kier alpha value is -2.49. The van der Waals surface area contributed by atoms with Crippen LogP contribution in [0.3, 0.4) is 0 Å². The predicted octanol–water partition coefficient (Wildman–Crippen LogP) is 6.35. The van der Waals surface area contributed by atoms with E-state index in [1.54, 1.807) is 30.3 Å². The van der Waals surface area contributed by atoms with Crippen LogP contribution in [0, 0.1) is 5.92 Å². The molecule has 1 heterocycles. The maximum absolute atomic E-state index is 12.9. The van der Waals surface area contributed by atoms with Gasteiger partial charge in [-0.3, -0.25) is 0 Å². The highest BCUT2D eigenvalue weighted by Crippen LogP contribution is 2.44. The molecular weight excluding hydrogens is 536 g/mol. The van der Waals surface area contributed by atoms with Gasteiger partial charge in [0.05, 0.1) is 21.1 Å². The molecule has 0 amide bonds. The molecule has 5 rings (SSSR count). The van der Waals surface area contributed by atoms with Crippen molar-refractivity contribution in [3.63, 3.8) is 0 Å². The molecule has 1 atom stereocenters. The van der Waals surface area contributed by atoms with E-state index in [0.717, 1.165) is 18.4 Å². The highest BCUT2D eigenvalue weighted by atomic mass is 35.5. The summed E-state index contributed by atoms with van der Waals surface area (Å²) < 4.78 is 67.9. The van der Waals surface area contributed by atoms with Crippen LogP contribution in [-0.4, -0.2) is 35.9 Å². The van der Waals surface area contributed by atoms with Gasteiger partial charge in [0, 0.05) is 29.7 Å². The quantitative estimate of drug-likeness (QED) is 0.344. The van der Waals surface area contributed by atoms with Gasteiger partial charge in [-0.15, -0.1) is 24.8 Å². The number of H-pyrrole nitrogens is 1. The SMILES string of the molecule is O=S(=O)(CC1CC1)c1ccc(Cc2nc3c([nH]2)CC(Cl)C(c2ccccc2OC(F)(F)F)=C3Cl)cc1. The molecule has 2 aliphatic carbocycles. The number of allylic oxidation sites excluding steroid dienone is 1. The third-order valence-electron chi connectivity index (χ3n) is 6.18.